The lowest BCUT2D eigenvalue weighted by molar-refractivity contribution is -0.384. The summed E-state index contributed by atoms with van der Waals surface area (Å²) in [7, 11) is 0. The quantitative estimate of drug-likeness (QED) is 0.554. The SMILES string of the molecule is O=C(NC1CC1)c1ccc(N2CCCN(c3ccc(C(F)(F)F)cn3)CC2)c([N+](=O)[O-])c1. The molecule has 0 bridgehead atoms. The number of nitrogens with zero attached hydrogens (tertiary/aromatic N) is 4. The molecular weight excluding hydrogens is 427 g/mol. The molecule has 2 aromatic rings. The second-order valence-corrected chi connectivity index (χ2v) is 7.94. The average Bonchev–Trinajstić information content (AvgIpc) is 3.59. The van der Waals surface area contributed by atoms with Crippen LogP contribution in [0.2, 0.25) is 0 Å². The first-order chi connectivity index (χ1) is 15.2. The van der Waals surface area contributed by atoms with Crippen molar-refractivity contribution in [2.75, 3.05) is 36.0 Å². The van der Waals surface area contributed by atoms with Gasteiger partial charge in [-0.2, -0.15) is 13.2 Å². The molecule has 1 aliphatic heterocycles. The highest BCUT2D eigenvalue weighted by Gasteiger charge is 2.31. The lowest BCUT2D eigenvalue weighted by atomic mass is 10.1. The van der Waals surface area contributed by atoms with Crippen molar-refractivity contribution in [2.24, 2.45) is 0 Å². The van der Waals surface area contributed by atoms with Crippen molar-refractivity contribution in [3.8, 4) is 0 Å². The zero-order valence-electron chi connectivity index (χ0n) is 17.1. The number of carbonyl (C=O) groups excluding carboxylic acids is 1. The number of halogens is 3. The van der Waals surface area contributed by atoms with E-state index in [0.717, 1.165) is 25.1 Å². The highest BCUT2D eigenvalue weighted by atomic mass is 19.4. The molecule has 170 valence electrons. The molecule has 0 unspecified atom stereocenters. The normalized spacial score (nSPS) is 17.1. The van der Waals surface area contributed by atoms with Crippen LogP contribution in [0.25, 0.3) is 0 Å². The Labute approximate surface area is 182 Å². The highest BCUT2D eigenvalue weighted by Crippen LogP contribution is 2.32. The molecule has 1 aromatic heterocycles. The Morgan fingerprint density at radius 3 is 2.44 bits per heavy atom. The number of carbonyl (C=O) groups is 1. The van der Waals surface area contributed by atoms with Crippen LogP contribution >= 0.6 is 0 Å². The Hall–Kier alpha value is -3.37. The van der Waals surface area contributed by atoms with Crippen molar-refractivity contribution in [3.05, 3.63) is 57.8 Å². The third-order valence-electron chi connectivity index (χ3n) is 5.58. The van der Waals surface area contributed by atoms with Crippen LogP contribution in [0.5, 0.6) is 0 Å². The lowest BCUT2D eigenvalue weighted by Gasteiger charge is -2.24. The fourth-order valence-electron chi connectivity index (χ4n) is 3.70. The second-order valence-electron chi connectivity index (χ2n) is 7.94. The number of nitrogens with one attached hydrogen (secondary N) is 1. The summed E-state index contributed by atoms with van der Waals surface area (Å²) in [5.74, 6) is 0.110. The maximum atomic E-state index is 12.8. The van der Waals surface area contributed by atoms with Gasteiger partial charge in [-0.3, -0.25) is 14.9 Å². The highest BCUT2D eigenvalue weighted by molar-refractivity contribution is 5.96. The average molecular weight is 449 g/mol. The molecule has 2 fully saturated rings. The lowest BCUT2D eigenvalue weighted by Crippen LogP contribution is -2.31. The molecule has 1 N–H and O–H groups in total. The number of anilines is 2. The predicted octanol–water partition coefficient (Wildman–Crippen LogP) is 3.62. The Kier molecular flexibility index (Phi) is 5.90. The predicted molar refractivity (Wildman–Crippen MR) is 112 cm³/mol. The largest absolute Gasteiger partial charge is 0.417 e. The van der Waals surface area contributed by atoms with Crippen molar-refractivity contribution in [2.45, 2.75) is 31.5 Å². The van der Waals surface area contributed by atoms with Crippen molar-refractivity contribution in [1.82, 2.24) is 10.3 Å². The Bertz CT molecular complexity index is 1010. The molecule has 1 aliphatic carbocycles. The molecule has 0 radical (unpaired) electrons. The van der Waals surface area contributed by atoms with Gasteiger partial charge in [-0.15, -0.1) is 0 Å². The summed E-state index contributed by atoms with van der Waals surface area (Å²) in [6.45, 7) is 1.97. The Morgan fingerprint density at radius 1 is 1.09 bits per heavy atom. The zero-order valence-corrected chi connectivity index (χ0v) is 17.1. The first-order valence-corrected chi connectivity index (χ1v) is 10.3. The summed E-state index contributed by atoms with van der Waals surface area (Å²) >= 11 is 0. The number of aromatic nitrogens is 1. The van der Waals surface area contributed by atoms with E-state index in [1.54, 1.807) is 12.1 Å². The number of nitro benzene ring substituents is 1. The maximum absolute atomic E-state index is 12.8. The molecule has 0 atom stereocenters. The number of benzene rings is 1. The van der Waals surface area contributed by atoms with Crippen LogP contribution < -0.4 is 15.1 Å². The number of hydrogen-bond acceptors (Lipinski definition) is 6. The van der Waals surface area contributed by atoms with E-state index in [4.69, 9.17) is 0 Å². The van der Waals surface area contributed by atoms with Crippen LogP contribution in [0, 0.1) is 10.1 Å². The number of amides is 1. The van der Waals surface area contributed by atoms with E-state index in [-0.39, 0.29) is 23.2 Å². The van der Waals surface area contributed by atoms with E-state index in [9.17, 15) is 28.1 Å². The van der Waals surface area contributed by atoms with E-state index < -0.39 is 16.7 Å². The minimum atomic E-state index is -4.44. The molecule has 1 saturated heterocycles. The minimum Gasteiger partial charge on any atom is -0.364 e. The van der Waals surface area contributed by atoms with Crippen LogP contribution in [0.1, 0.15) is 35.2 Å². The van der Waals surface area contributed by atoms with Crippen LogP contribution in [0.3, 0.4) is 0 Å². The number of rotatable bonds is 5. The number of alkyl halides is 3. The fourth-order valence-corrected chi connectivity index (χ4v) is 3.70. The first kappa shape index (κ1) is 21.8. The van der Waals surface area contributed by atoms with Crippen molar-refractivity contribution in [3.63, 3.8) is 0 Å². The van der Waals surface area contributed by atoms with E-state index in [2.05, 4.69) is 10.3 Å². The van der Waals surface area contributed by atoms with Crippen LogP contribution in [0.4, 0.5) is 30.4 Å². The molecule has 1 aromatic carbocycles. The first-order valence-electron chi connectivity index (χ1n) is 10.3. The van der Waals surface area contributed by atoms with Crippen molar-refractivity contribution < 1.29 is 22.9 Å². The van der Waals surface area contributed by atoms with Gasteiger partial charge in [0.2, 0.25) is 0 Å². The van der Waals surface area contributed by atoms with Crippen molar-refractivity contribution >= 4 is 23.1 Å². The summed E-state index contributed by atoms with van der Waals surface area (Å²) < 4.78 is 38.3. The topological polar surface area (TPSA) is 91.6 Å². The maximum Gasteiger partial charge on any atom is 0.417 e. The van der Waals surface area contributed by atoms with Crippen molar-refractivity contribution in [1.29, 1.82) is 0 Å². The summed E-state index contributed by atoms with van der Waals surface area (Å²) in [5, 5.41) is 14.5. The van der Waals surface area contributed by atoms with Gasteiger partial charge in [0, 0.05) is 50.0 Å². The summed E-state index contributed by atoms with van der Waals surface area (Å²) in [6.07, 6.45) is -1.15. The van der Waals surface area contributed by atoms with E-state index in [0.29, 0.717) is 44.1 Å². The molecule has 2 heterocycles. The van der Waals surface area contributed by atoms with Gasteiger partial charge in [-0.1, -0.05) is 0 Å². The van der Waals surface area contributed by atoms with E-state index in [1.165, 1.54) is 12.1 Å². The molecule has 32 heavy (non-hydrogen) atoms. The smallest absolute Gasteiger partial charge is 0.364 e. The molecule has 1 amide bonds. The van der Waals surface area contributed by atoms with E-state index >= 15 is 0 Å². The third-order valence-corrected chi connectivity index (χ3v) is 5.58. The molecule has 0 spiro atoms. The summed E-state index contributed by atoms with van der Waals surface area (Å²) in [6, 6.07) is 6.96. The molecule has 4 rings (SSSR count). The second kappa shape index (κ2) is 8.64. The van der Waals surface area contributed by atoms with Crippen LogP contribution in [0.15, 0.2) is 36.5 Å². The van der Waals surface area contributed by atoms with Gasteiger partial charge in [0.25, 0.3) is 11.6 Å². The van der Waals surface area contributed by atoms with Gasteiger partial charge in [-0.25, -0.2) is 4.98 Å². The van der Waals surface area contributed by atoms with E-state index in [1.807, 2.05) is 9.80 Å². The van der Waals surface area contributed by atoms with Crippen LogP contribution in [-0.2, 0) is 6.18 Å². The minimum absolute atomic E-state index is 0.144. The summed E-state index contributed by atoms with van der Waals surface area (Å²) in [5.41, 5.74) is -0.286. The number of hydrogen-bond donors (Lipinski definition) is 1. The fraction of sp³-hybridized carbons (Fsp3) is 0.429. The third kappa shape index (κ3) is 4.92. The van der Waals surface area contributed by atoms with Gasteiger partial charge in [-0.05, 0) is 43.5 Å². The van der Waals surface area contributed by atoms with Gasteiger partial charge in [0.1, 0.15) is 11.5 Å². The molecule has 11 heteroatoms. The zero-order chi connectivity index (χ0) is 22.9. The van der Waals surface area contributed by atoms with Gasteiger partial charge in [0.15, 0.2) is 0 Å². The van der Waals surface area contributed by atoms with Gasteiger partial charge in [0.05, 0.1) is 10.5 Å². The van der Waals surface area contributed by atoms with Gasteiger partial charge < -0.3 is 15.1 Å². The summed E-state index contributed by atoms with van der Waals surface area (Å²) in [4.78, 5) is 31.1. The number of nitro groups is 1. The van der Waals surface area contributed by atoms with Crippen LogP contribution in [-0.4, -0.2) is 48.0 Å². The Balaban J connectivity index is 1.48. The Morgan fingerprint density at radius 2 is 1.81 bits per heavy atom. The molecule has 1 saturated carbocycles. The van der Waals surface area contributed by atoms with Gasteiger partial charge >= 0.3 is 6.18 Å². The molecule has 8 nitrogen and oxygen atoms in total. The number of pyridine rings is 1. The monoisotopic (exact) mass is 449 g/mol. The molecule has 2 aliphatic rings. The molecular formula is C21H22F3N5O3. The standard InChI is InChI=1S/C21H22F3N5O3/c22-21(23,24)15-3-7-19(25-13-15)28-9-1-8-27(10-11-28)17-6-2-14(12-18(17)29(31)32)20(30)26-16-4-5-16/h2-3,6-7,12-13,16H,1,4-5,8-11H2,(H,26,30).